The van der Waals surface area contributed by atoms with E-state index >= 15 is 0 Å². The molecule has 1 N–H and O–H groups in total. The van der Waals surface area contributed by atoms with Gasteiger partial charge in [0.1, 0.15) is 0 Å². The van der Waals surface area contributed by atoms with E-state index in [0.29, 0.717) is 6.04 Å². The molecule has 2 rings (SSSR count). The Bertz CT molecular complexity index is 365. The van der Waals surface area contributed by atoms with Crippen LogP contribution < -0.4 is 10.2 Å². The van der Waals surface area contributed by atoms with E-state index in [9.17, 15) is 0 Å². The summed E-state index contributed by atoms with van der Waals surface area (Å²) < 4.78 is 1.19. The van der Waals surface area contributed by atoms with Crippen molar-refractivity contribution in [1.29, 1.82) is 0 Å². The molecular weight excluding hydrogens is 264 g/mol. The summed E-state index contributed by atoms with van der Waals surface area (Å²) in [5, 5.41) is 3.16. The highest BCUT2D eigenvalue weighted by Gasteiger charge is 2.20. The Kier molecular flexibility index (Phi) is 3.74. The molecule has 1 saturated heterocycles. The first-order chi connectivity index (χ1) is 7.72. The van der Waals surface area contributed by atoms with E-state index in [2.05, 4.69) is 51.3 Å². The predicted molar refractivity (Wildman–Crippen MR) is 74.3 cm³/mol. The first-order valence-electron chi connectivity index (χ1n) is 5.96. The van der Waals surface area contributed by atoms with E-state index < -0.39 is 0 Å². The van der Waals surface area contributed by atoms with Crippen molar-refractivity contribution in [2.24, 2.45) is 0 Å². The van der Waals surface area contributed by atoms with E-state index in [1.54, 1.807) is 0 Å². The van der Waals surface area contributed by atoms with Crippen molar-refractivity contribution in [3.05, 3.63) is 22.7 Å². The van der Waals surface area contributed by atoms with Gasteiger partial charge in [0.25, 0.3) is 0 Å². The average Bonchev–Trinajstić information content (AvgIpc) is 2.30. The number of benzene rings is 1. The van der Waals surface area contributed by atoms with Gasteiger partial charge in [-0.1, -0.05) is 0 Å². The van der Waals surface area contributed by atoms with Crippen LogP contribution in [-0.2, 0) is 0 Å². The molecule has 1 aliphatic heterocycles. The van der Waals surface area contributed by atoms with Gasteiger partial charge in [-0.15, -0.1) is 0 Å². The van der Waals surface area contributed by atoms with E-state index in [-0.39, 0.29) is 0 Å². The van der Waals surface area contributed by atoms with Crippen molar-refractivity contribution in [1.82, 2.24) is 0 Å². The molecule has 1 aliphatic rings. The number of hydrogen-bond donors (Lipinski definition) is 1. The number of rotatable bonds is 2. The van der Waals surface area contributed by atoms with Crippen molar-refractivity contribution in [3.63, 3.8) is 0 Å². The molecule has 0 amide bonds. The highest BCUT2D eigenvalue weighted by atomic mass is 79.9. The predicted octanol–water partition coefficient (Wildman–Crippen LogP) is 3.87. The van der Waals surface area contributed by atoms with Crippen LogP contribution in [0.5, 0.6) is 0 Å². The molecule has 2 nitrogen and oxygen atoms in total. The van der Waals surface area contributed by atoms with Crippen LogP contribution in [0, 0.1) is 0 Å². The molecule has 1 atom stereocenters. The zero-order valence-electron chi connectivity index (χ0n) is 9.96. The number of anilines is 2. The molecule has 0 bridgehead atoms. The molecule has 1 aromatic rings. The van der Waals surface area contributed by atoms with Gasteiger partial charge in [0.2, 0.25) is 0 Å². The molecule has 1 fully saturated rings. The van der Waals surface area contributed by atoms with Crippen LogP contribution in [0.2, 0.25) is 0 Å². The Morgan fingerprint density at radius 3 is 2.81 bits per heavy atom. The summed E-state index contributed by atoms with van der Waals surface area (Å²) in [7, 11) is 1.95. The van der Waals surface area contributed by atoms with Crippen molar-refractivity contribution < 1.29 is 0 Å². The van der Waals surface area contributed by atoms with E-state index in [4.69, 9.17) is 0 Å². The quantitative estimate of drug-likeness (QED) is 0.886. The number of nitrogens with one attached hydrogen (secondary N) is 1. The summed E-state index contributed by atoms with van der Waals surface area (Å²) >= 11 is 3.67. The molecule has 88 valence electrons. The smallest absolute Gasteiger partial charge is 0.0514 e. The second-order valence-electron chi connectivity index (χ2n) is 4.45. The molecule has 1 heterocycles. The average molecular weight is 283 g/mol. The Balaban J connectivity index is 2.25. The Morgan fingerprint density at radius 2 is 2.19 bits per heavy atom. The number of nitrogens with zero attached hydrogens (tertiary/aromatic N) is 1. The number of hydrogen-bond acceptors (Lipinski definition) is 2. The van der Waals surface area contributed by atoms with Crippen LogP contribution in [0.25, 0.3) is 0 Å². The molecule has 0 spiro atoms. The number of piperidine rings is 1. The summed E-state index contributed by atoms with van der Waals surface area (Å²) in [6, 6.07) is 7.15. The molecule has 0 aromatic heterocycles. The van der Waals surface area contributed by atoms with Gasteiger partial charge >= 0.3 is 0 Å². The SMILES string of the molecule is CNc1ccc(N2CCCC[C@@H]2C)c(Br)c1. The summed E-state index contributed by atoms with van der Waals surface area (Å²) in [5.41, 5.74) is 2.48. The van der Waals surface area contributed by atoms with Crippen molar-refractivity contribution >= 4 is 27.3 Å². The minimum absolute atomic E-state index is 0.658. The summed E-state index contributed by atoms with van der Waals surface area (Å²) in [4.78, 5) is 2.51. The summed E-state index contributed by atoms with van der Waals surface area (Å²) in [6.45, 7) is 3.50. The van der Waals surface area contributed by atoms with Crippen LogP contribution in [0.3, 0.4) is 0 Å². The van der Waals surface area contributed by atoms with Gasteiger partial charge in [-0.2, -0.15) is 0 Å². The largest absolute Gasteiger partial charge is 0.388 e. The molecule has 3 heteroatoms. The normalized spacial score (nSPS) is 20.9. The summed E-state index contributed by atoms with van der Waals surface area (Å²) in [5.74, 6) is 0. The minimum atomic E-state index is 0.658. The molecule has 0 saturated carbocycles. The fourth-order valence-corrected chi connectivity index (χ4v) is 2.96. The van der Waals surface area contributed by atoms with Crippen molar-refractivity contribution in [2.45, 2.75) is 32.2 Å². The Hall–Kier alpha value is -0.700. The van der Waals surface area contributed by atoms with Crippen molar-refractivity contribution in [3.8, 4) is 0 Å². The topological polar surface area (TPSA) is 15.3 Å². The van der Waals surface area contributed by atoms with Gasteiger partial charge in [-0.25, -0.2) is 0 Å². The molecule has 0 unspecified atom stereocenters. The maximum Gasteiger partial charge on any atom is 0.0514 e. The van der Waals surface area contributed by atoms with Crippen molar-refractivity contribution in [2.75, 3.05) is 23.8 Å². The molecular formula is C13H19BrN2. The van der Waals surface area contributed by atoms with Gasteiger partial charge in [0.15, 0.2) is 0 Å². The molecule has 0 aliphatic carbocycles. The maximum absolute atomic E-state index is 3.67. The summed E-state index contributed by atoms with van der Waals surface area (Å²) in [6.07, 6.45) is 3.98. The van der Waals surface area contributed by atoms with Crippen LogP contribution in [-0.4, -0.2) is 19.6 Å². The lowest BCUT2D eigenvalue weighted by atomic mass is 10.0. The lowest BCUT2D eigenvalue weighted by Crippen LogP contribution is -2.37. The van der Waals surface area contributed by atoms with Gasteiger partial charge < -0.3 is 10.2 Å². The second-order valence-corrected chi connectivity index (χ2v) is 5.31. The zero-order chi connectivity index (χ0) is 11.5. The first kappa shape index (κ1) is 11.8. The van der Waals surface area contributed by atoms with Crippen LogP contribution in [0.1, 0.15) is 26.2 Å². The van der Waals surface area contributed by atoms with E-state index in [1.165, 1.54) is 36.0 Å². The standard InChI is InChI=1S/C13H19BrN2/c1-10-5-3-4-8-16(10)13-7-6-11(15-2)9-12(13)14/h6-7,9-10,15H,3-5,8H2,1-2H3/t10-/m0/s1. The van der Waals surface area contributed by atoms with E-state index in [0.717, 1.165) is 5.69 Å². The third kappa shape index (κ3) is 2.34. The third-order valence-electron chi connectivity index (χ3n) is 3.35. The molecule has 16 heavy (non-hydrogen) atoms. The highest BCUT2D eigenvalue weighted by molar-refractivity contribution is 9.10. The van der Waals surface area contributed by atoms with Gasteiger partial charge in [-0.05, 0) is 60.3 Å². The third-order valence-corrected chi connectivity index (χ3v) is 3.98. The second kappa shape index (κ2) is 5.09. The molecule has 1 aromatic carbocycles. The van der Waals surface area contributed by atoms with Crippen LogP contribution >= 0.6 is 15.9 Å². The maximum atomic E-state index is 3.67. The van der Waals surface area contributed by atoms with Gasteiger partial charge in [0, 0.05) is 29.8 Å². The van der Waals surface area contributed by atoms with E-state index in [1.807, 2.05) is 7.05 Å². The van der Waals surface area contributed by atoms with Crippen LogP contribution in [0.4, 0.5) is 11.4 Å². The fourth-order valence-electron chi connectivity index (χ4n) is 2.35. The van der Waals surface area contributed by atoms with Gasteiger partial charge in [-0.3, -0.25) is 0 Å². The lowest BCUT2D eigenvalue weighted by Gasteiger charge is -2.36. The Morgan fingerprint density at radius 1 is 1.38 bits per heavy atom. The first-order valence-corrected chi connectivity index (χ1v) is 6.75. The fraction of sp³-hybridized carbons (Fsp3) is 0.538. The Labute approximate surface area is 106 Å². The monoisotopic (exact) mass is 282 g/mol. The zero-order valence-corrected chi connectivity index (χ0v) is 11.5. The number of halogens is 1. The minimum Gasteiger partial charge on any atom is -0.388 e. The lowest BCUT2D eigenvalue weighted by molar-refractivity contribution is 0.484. The van der Waals surface area contributed by atoms with Gasteiger partial charge in [0.05, 0.1) is 5.69 Å². The van der Waals surface area contributed by atoms with Crippen LogP contribution in [0.15, 0.2) is 22.7 Å². The molecule has 0 radical (unpaired) electrons. The highest BCUT2D eigenvalue weighted by Crippen LogP contribution is 2.33.